The largest absolute Gasteiger partial charge is 0.461 e. The van der Waals surface area contributed by atoms with Gasteiger partial charge in [-0.15, -0.1) is 12.4 Å². The molecule has 0 saturated heterocycles. The second kappa shape index (κ2) is 8.54. The summed E-state index contributed by atoms with van der Waals surface area (Å²) in [5.41, 5.74) is 6.88. The molecule has 5 heteroatoms. The van der Waals surface area contributed by atoms with Crippen LogP contribution in [-0.4, -0.2) is 19.0 Å². The predicted molar refractivity (Wildman–Crippen MR) is 99.4 cm³/mol. The summed E-state index contributed by atoms with van der Waals surface area (Å²) in [7, 11) is 0. The molecule has 4 nitrogen and oxygen atoms in total. The van der Waals surface area contributed by atoms with Gasteiger partial charge in [0.1, 0.15) is 11.3 Å². The highest BCUT2D eigenvalue weighted by molar-refractivity contribution is 5.85. The molecule has 1 amide bonds. The fourth-order valence-corrected chi connectivity index (χ4v) is 3.64. The Morgan fingerprint density at radius 3 is 2.67 bits per heavy atom. The van der Waals surface area contributed by atoms with Crippen LogP contribution in [0.2, 0.25) is 0 Å². The minimum Gasteiger partial charge on any atom is -0.461 e. The van der Waals surface area contributed by atoms with Crippen LogP contribution in [0, 0.1) is 5.41 Å². The van der Waals surface area contributed by atoms with Gasteiger partial charge < -0.3 is 15.5 Å². The Bertz CT molecular complexity index is 629. The molecule has 1 aromatic heterocycles. The first-order valence-corrected chi connectivity index (χ1v) is 8.65. The standard InChI is InChI=1S/C19H26N2O2.ClH/c20-14-19(9-4-1-5-10-19)13-18(22)21-11-8-16-12-15-6-2-3-7-17(15)23-16;/h2-3,6-7,12H,1,4-5,8-11,13-14,20H2,(H,21,22);1H. The number of furan rings is 1. The number of halogens is 1. The first-order valence-electron chi connectivity index (χ1n) is 8.65. The van der Waals surface area contributed by atoms with E-state index in [9.17, 15) is 4.79 Å². The Morgan fingerprint density at radius 1 is 1.21 bits per heavy atom. The van der Waals surface area contributed by atoms with Gasteiger partial charge in [0.15, 0.2) is 0 Å². The second-order valence-corrected chi connectivity index (χ2v) is 6.79. The zero-order valence-corrected chi connectivity index (χ0v) is 14.9. The first-order chi connectivity index (χ1) is 11.2. The molecule has 3 N–H and O–H groups in total. The van der Waals surface area contributed by atoms with Crippen molar-refractivity contribution in [2.24, 2.45) is 11.1 Å². The maximum absolute atomic E-state index is 12.2. The van der Waals surface area contributed by atoms with E-state index in [1.165, 1.54) is 19.3 Å². The van der Waals surface area contributed by atoms with Crippen molar-refractivity contribution in [1.29, 1.82) is 0 Å². The van der Waals surface area contributed by atoms with E-state index in [1.54, 1.807) is 0 Å². The molecule has 0 unspecified atom stereocenters. The SMILES string of the molecule is Cl.NCC1(CC(=O)NCCc2cc3ccccc3o2)CCCCC1. The number of para-hydroxylation sites is 1. The molecule has 1 aliphatic rings. The van der Waals surface area contributed by atoms with Gasteiger partial charge in [-0.3, -0.25) is 4.79 Å². The normalized spacial score (nSPS) is 16.5. The minimum absolute atomic E-state index is 0. The van der Waals surface area contributed by atoms with Crippen molar-refractivity contribution in [1.82, 2.24) is 5.32 Å². The molecular formula is C19H27ClN2O2. The van der Waals surface area contributed by atoms with Gasteiger partial charge >= 0.3 is 0 Å². The third-order valence-electron chi connectivity index (χ3n) is 5.05. The monoisotopic (exact) mass is 350 g/mol. The van der Waals surface area contributed by atoms with Crippen LogP contribution in [-0.2, 0) is 11.2 Å². The summed E-state index contributed by atoms with van der Waals surface area (Å²) in [5, 5.41) is 4.14. The molecule has 2 aromatic rings. The quantitative estimate of drug-likeness (QED) is 0.832. The van der Waals surface area contributed by atoms with Gasteiger partial charge in [0, 0.05) is 24.8 Å². The number of hydrogen-bond donors (Lipinski definition) is 2. The highest BCUT2D eigenvalue weighted by atomic mass is 35.5. The zero-order chi connectivity index (χ0) is 16.1. The topological polar surface area (TPSA) is 68.3 Å². The van der Waals surface area contributed by atoms with Crippen molar-refractivity contribution in [3.8, 4) is 0 Å². The molecule has 1 fully saturated rings. The smallest absolute Gasteiger partial charge is 0.220 e. The van der Waals surface area contributed by atoms with E-state index in [-0.39, 0.29) is 23.7 Å². The van der Waals surface area contributed by atoms with Crippen molar-refractivity contribution in [2.45, 2.75) is 44.9 Å². The molecule has 1 aliphatic carbocycles. The molecule has 1 aromatic carbocycles. The zero-order valence-electron chi connectivity index (χ0n) is 14.1. The lowest BCUT2D eigenvalue weighted by atomic mass is 9.71. The molecule has 0 bridgehead atoms. The lowest BCUT2D eigenvalue weighted by Gasteiger charge is -2.35. The van der Waals surface area contributed by atoms with Crippen LogP contribution in [0.15, 0.2) is 34.7 Å². The maximum atomic E-state index is 12.2. The predicted octanol–water partition coefficient (Wildman–Crippen LogP) is 3.81. The molecule has 1 saturated carbocycles. The summed E-state index contributed by atoms with van der Waals surface area (Å²) in [6.07, 6.45) is 7.11. The van der Waals surface area contributed by atoms with Crippen LogP contribution in [0.25, 0.3) is 11.0 Å². The highest BCUT2D eigenvalue weighted by Gasteiger charge is 2.32. The Morgan fingerprint density at radius 2 is 1.96 bits per heavy atom. The molecule has 0 spiro atoms. The molecular weight excluding hydrogens is 324 g/mol. The van der Waals surface area contributed by atoms with E-state index in [2.05, 4.69) is 5.32 Å². The number of amides is 1. The van der Waals surface area contributed by atoms with Gasteiger partial charge in [-0.2, -0.15) is 0 Å². The third kappa shape index (κ3) is 4.52. The second-order valence-electron chi connectivity index (χ2n) is 6.79. The van der Waals surface area contributed by atoms with Gasteiger partial charge in [0.2, 0.25) is 5.91 Å². The summed E-state index contributed by atoms with van der Waals surface area (Å²) in [6.45, 7) is 1.23. The van der Waals surface area contributed by atoms with Gasteiger partial charge in [-0.1, -0.05) is 37.5 Å². The molecule has 0 radical (unpaired) electrons. The summed E-state index contributed by atoms with van der Waals surface area (Å²) in [6, 6.07) is 10.0. The number of nitrogens with one attached hydrogen (secondary N) is 1. The summed E-state index contributed by atoms with van der Waals surface area (Å²) >= 11 is 0. The van der Waals surface area contributed by atoms with E-state index >= 15 is 0 Å². The Kier molecular flexibility index (Phi) is 6.69. The maximum Gasteiger partial charge on any atom is 0.220 e. The van der Waals surface area contributed by atoms with Crippen molar-refractivity contribution < 1.29 is 9.21 Å². The number of nitrogens with two attached hydrogens (primary N) is 1. The third-order valence-corrected chi connectivity index (χ3v) is 5.05. The van der Waals surface area contributed by atoms with Gasteiger partial charge in [0.05, 0.1) is 0 Å². The molecule has 0 atom stereocenters. The Hall–Kier alpha value is -1.52. The van der Waals surface area contributed by atoms with Crippen molar-refractivity contribution in [2.75, 3.05) is 13.1 Å². The first kappa shape index (κ1) is 18.8. The molecule has 3 rings (SSSR count). The fourth-order valence-electron chi connectivity index (χ4n) is 3.64. The van der Waals surface area contributed by atoms with E-state index in [1.807, 2.05) is 30.3 Å². The van der Waals surface area contributed by atoms with E-state index < -0.39 is 0 Å². The van der Waals surface area contributed by atoms with E-state index in [0.29, 0.717) is 19.5 Å². The average molecular weight is 351 g/mol. The summed E-state index contributed by atoms with van der Waals surface area (Å²) in [4.78, 5) is 12.2. The number of fused-ring (bicyclic) bond motifs is 1. The van der Waals surface area contributed by atoms with Crippen LogP contribution in [0.5, 0.6) is 0 Å². The van der Waals surface area contributed by atoms with E-state index in [0.717, 1.165) is 36.0 Å². The van der Waals surface area contributed by atoms with Gasteiger partial charge in [0.25, 0.3) is 0 Å². The van der Waals surface area contributed by atoms with Crippen LogP contribution in [0.3, 0.4) is 0 Å². The number of carbonyl (C=O) groups excluding carboxylic acids is 1. The number of carbonyl (C=O) groups is 1. The van der Waals surface area contributed by atoms with Gasteiger partial charge in [-0.05, 0) is 36.9 Å². The van der Waals surface area contributed by atoms with Crippen molar-refractivity contribution >= 4 is 29.3 Å². The minimum atomic E-state index is 0. The van der Waals surface area contributed by atoms with Gasteiger partial charge in [-0.25, -0.2) is 0 Å². The van der Waals surface area contributed by atoms with Crippen LogP contribution in [0.1, 0.15) is 44.3 Å². The van der Waals surface area contributed by atoms with Crippen LogP contribution < -0.4 is 11.1 Å². The average Bonchev–Trinajstić information content (AvgIpc) is 2.98. The van der Waals surface area contributed by atoms with Crippen molar-refractivity contribution in [3.63, 3.8) is 0 Å². The molecule has 132 valence electrons. The number of hydrogen-bond acceptors (Lipinski definition) is 3. The lowest BCUT2D eigenvalue weighted by Crippen LogP contribution is -2.39. The summed E-state index contributed by atoms with van der Waals surface area (Å²) < 4.78 is 5.77. The number of rotatable bonds is 6. The van der Waals surface area contributed by atoms with Crippen molar-refractivity contribution in [3.05, 3.63) is 36.1 Å². The van der Waals surface area contributed by atoms with Crippen LogP contribution >= 0.6 is 12.4 Å². The number of benzene rings is 1. The molecule has 24 heavy (non-hydrogen) atoms. The highest BCUT2D eigenvalue weighted by Crippen LogP contribution is 2.38. The van der Waals surface area contributed by atoms with Crippen LogP contribution in [0.4, 0.5) is 0 Å². The molecule has 1 heterocycles. The molecule has 0 aliphatic heterocycles. The Labute approximate surface area is 149 Å². The lowest BCUT2D eigenvalue weighted by molar-refractivity contribution is -0.123. The van der Waals surface area contributed by atoms with E-state index in [4.69, 9.17) is 10.2 Å². The Balaban J connectivity index is 0.00000208. The summed E-state index contributed by atoms with van der Waals surface area (Å²) in [5.74, 6) is 1.03. The fraction of sp³-hybridized carbons (Fsp3) is 0.526.